The van der Waals surface area contributed by atoms with Gasteiger partial charge in [0.25, 0.3) is 0 Å². The van der Waals surface area contributed by atoms with Crippen molar-refractivity contribution in [1.29, 1.82) is 0 Å². The SMILES string of the molecule is CCNCC1CCCCN1Cc1c(Cl)cccc1Cl. The van der Waals surface area contributed by atoms with Gasteiger partial charge in [0.2, 0.25) is 0 Å². The van der Waals surface area contributed by atoms with Crippen molar-refractivity contribution in [3.05, 3.63) is 33.8 Å². The summed E-state index contributed by atoms with van der Waals surface area (Å²) in [7, 11) is 0. The highest BCUT2D eigenvalue weighted by atomic mass is 35.5. The number of hydrogen-bond donors (Lipinski definition) is 1. The first-order valence-corrected chi connectivity index (χ1v) is 7.85. The zero-order chi connectivity index (χ0) is 13.7. The molecule has 2 rings (SSSR count). The second kappa shape index (κ2) is 7.49. The number of nitrogens with one attached hydrogen (secondary N) is 1. The Bertz CT molecular complexity index is 389. The molecule has 0 aromatic heterocycles. The molecule has 1 fully saturated rings. The maximum absolute atomic E-state index is 6.27. The zero-order valence-electron chi connectivity index (χ0n) is 11.5. The second-order valence-electron chi connectivity index (χ2n) is 5.13. The third kappa shape index (κ3) is 4.09. The van der Waals surface area contributed by atoms with Gasteiger partial charge in [-0.2, -0.15) is 0 Å². The molecule has 1 saturated heterocycles. The Morgan fingerprint density at radius 2 is 2.00 bits per heavy atom. The molecule has 1 atom stereocenters. The predicted octanol–water partition coefficient (Wildman–Crippen LogP) is 3.96. The molecular weight excluding hydrogens is 279 g/mol. The zero-order valence-corrected chi connectivity index (χ0v) is 13.0. The molecule has 1 aliphatic rings. The predicted molar refractivity (Wildman–Crippen MR) is 83.1 cm³/mol. The molecule has 0 amide bonds. The molecule has 0 bridgehead atoms. The highest BCUT2D eigenvalue weighted by molar-refractivity contribution is 6.35. The van der Waals surface area contributed by atoms with Gasteiger partial charge in [0, 0.05) is 34.7 Å². The van der Waals surface area contributed by atoms with Gasteiger partial charge >= 0.3 is 0 Å². The highest BCUT2D eigenvalue weighted by Crippen LogP contribution is 2.28. The fraction of sp³-hybridized carbons (Fsp3) is 0.600. The molecule has 0 aliphatic carbocycles. The number of piperidine rings is 1. The first-order valence-electron chi connectivity index (χ1n) is 7.10. The van der Waals surface area contributed by atoms with Crippen LogP contribution >= 0.6 is 23.2 Å². The van der Waals surface area contributed by atoms with Crippen LogP contribution in [-0.4, -0.2) is 30.6 Å². The van der Waals surface area contributed by atoms with Crippen LogP contribution in [0.15, 0.2) is 18.2 Å². The van der Waals surface area contributed by atoms with Gasteiger partial charge in [0.15, 0.2) is 0 Å². The molecule has 4 heteroatoms. The third-order valence-corrected chi connectivity index (χ3v) is 4.51. The molecule has 0 spiro atoms. The van der Waals surface area contributed by atoms with Crippen LogP contribution in [-0.2, 0) is 6.54 Å². The van der Waals surface area contributed by atoms with Gasteiger partial charge < -0.3 is 5.32 Å². The molecule has 2 nitrogen and oxygen atoms in total. The van der Waals surface area contributed by atoms with Gasteiger partial charge in [-0.05, 0) is 38.1 Å². The number of halogens is 2. The smallest absolute Gasteiger partial charge is 0.0465 e. The summed E-state index contributed by atoms with van der Waals surface area (Å²) in [6, 6.07) is 6.35. The van der Waals surface area contributed by atoms with E-state index in [0.29, 0.717) is 6.04 Å². The first-order chi connectivity index (χ1) is 9.22. The lowest BCUT2D eigenvalue weighted by Crippen LogP contribution is -2.45. The van der Waals surface area contributed by atoms with E-state index in [1.54, 1.807) is 0 Å². The topological polar surface area (TPSA) is 15.3 Å². The molecule has 106 valence electrons. The maximum Gasteiger partial charge on any atom is 0.0465 e. The van der Waals surface area contributed by atoms with Gasteiger partial charge in [-0.3, -0.25) is 4.90 Å². The monoisotopic (exact) mass is 300 g/mol. The summed E-state index contributed by atoms with van der Waals surface area (Å²) in [5, 5.41) is 5.01. The van der Waals surface area contributed by atoms with Gasteiger partial charge in [-0.25, -0.2) is 0 Å². The summed E-state index contributed by atoms with van der Waals surface area (Å²) < 4.78 is 0. The molecule has 1 heterocycles. The van der Waals surface area contributed by atoms with Crippen LogP contribution < -0.4 is 5.32 Å². The Labute approximate surface area is 126 Å². The number of likely N-dealkylation sites (tertiary alicyclic amines) is 1. The van der Waals surface area contributed by atoms with E-state index in [2.05, 4.69) is 17.1 Å². The van der Waals surface area contributed by atoms with E-state index < -0.39 is 0 Å². The molecule has 1 unspecified atom stereocenters. The summed E-state index contributed by atoms with van der Waals surface area (Å²) in [5.41, 5.74) is 1.06. The van der Waals surface area contributed by atoms with Crippen LogP contribution in [0.3, 0.4) is 0 Å². The van der Waals surface area contributed by atoms with Gasteiger partial charge in [-0.15, -0.1) is 0 Å². The van der Waals surface area contributed by atoms with E-state index in [-0.39, 0.29) is 0 Å². The molecule has 19 heavy (non-hydrogen) atoms. The second-order valence-corrected chi connectivity index (χ2v) is 5.94. The van der Waals surface area contributed by atoms with E-state index in [1.807, 2.05) is 18.2 Å². The summed E-state index contributed by atoms with van der Waals surface area (Å²) in [6.45, 7) is 6.22. The van der Waals surface area contributed by atoms with Gasteiger partial charge in [-0.1, -0.05) is 42.6 Å². The van der Waals surface area contributed by atoms with Crippen LogP contribution in [0.4, 0.5) is 0 Å². The fourth-order valence-electron chi connectivity index (χ4n) is 2.70. The van der Waals surface area contributed by atoms with Crippen molar-refractivity contribution >= 4 is 23.2 Å². The van der Waals surface area contributed by atoms with Crippen molar-refractivity contribution in [2.75, 3.05) is 19.6 Å². The number of benzene rings is 1. The normalized spacial score (nSPS) is 20.7. The summed E-state index contributed by atoms with van der Waals surface area (Å²) in [6.07, 6.45) is 3.85. The molecule has 0 saturated carbocycles. The molecular formula is C15H22Cl2N2. The minimum atomic E-state index is 0.598. The lowest BCUT2D eigenvalue weighted by Gasteiger charge is -2.36. The van der Waals surface area contributed by atoms with Crippen LogP contribution in [0.2, 0.25) is 10.0 Å². The van der Waals surface area contributed by atoms with E-state index in [0.717, 1.165) is 41.8 Å². The first kappa shape index (κ1) is 15.1. The van der Waals surface area contributed by atoms with E-state index in [1.165, 1.54) is 19.3 Å². The number of rotatable bonds is 5. The standard InChI is InChI=1S/C15H22Cl2N2/c1-2-18-10-12-6-3-4-9-19(12)11-13-14(16)7-5-8-15(13)17/h5,7-8,12,18H,2-4,6,9-11H2,1H3. The molecule has 1 aromatic carbocycles. The van der Waals surface area contributed by atoms with Crippen molar-refractivity contribution in [2.24, 2.45) is 0 Å². The molecule has 1 aromatic rings. The third-order valence-electron chi connectivity index (χ3n) is 3.80. The minimum absolute atomic E-state index is 0.598. The van der Waals surface area contributed by atoms with E-state index in [9.17, 15) is 0 Å². The molecule has 1 N–H and O–H groups in total. The average molecular weight is 301 g/mol. The Kier molecular flexibility index (Phi) is 5.96. The average Bonchev–Trinajstić information content (AvgIpc) is 2.42. The van der Waals surface area contributed by atoms with Crippen molar-refractivity contribution in [2.45, 2.75) is 38.8 Å². The van der Waals surface area contributed by atoms with Crippen LogP contribution in [0.25, 0.3) is 0 Å². The lowest BCUT2D eigenvalue weighted by molar-refractivity contribution is 0.138. The summed E-state index contributed by atoms with van der Waals surface area (Å²) in [5.74, 6) is 0. The summed E-state index contributed by atoms with van der Waals surface area (Å²) in [4.78, 5) is 2.51. The number of hydrogen-bond acceptors (Lipinski definition) is 2. The Morgan fingerprint density at radius 3 is 2.68 bits per heavy atom. The van der Waals surface area contributed by atoms with Crippen LogP contribution in [0.1, 0.15) is 31.7 Å². The molecule has 1 aliphatic heterocycles. The highest BCUT2D eigenvalue weighted by Gasteiger charge is 2.23. The molecule has 0 radical (unpaired) electrons. The number of nitrogens with zero attached hydrogens (tertiary/aromatic N) is 1. The fourth-order valence-corrected chi connectivity index (χ4v) is 3.21. The van der Waals surface area contributed by atoms with Crippen LogP contribution in [0.5, 0.6) is 0 Å². The largest absolute Gasteiger partial charge is 0.315 e. The van der Waals surface area contributed by atoms with Gasteiger partial charge in [0.1, 0.15) is 0 Å². The Morgan fingerprint density at radius 1 is 1.26 bits per heavy atom. The number of likely N-dealkylation sites (N-methyl/N-ethyl adjacent to an activating group) is 1. The van der Waals surface area contributed by atoms with Crippen molar-refractivity contribution in [1.82, 2.24) is 10.2 Å². The van der Waals surface area contributed by atoms with E-state index >= 15 is 0 Å². The maximum atomic E-state index is 6.27. The Balaban J connectivity index is 2.06. The van der Waals surface area contributed by atoms with Gasteiger partial charge in [0.05, 0.1) is 0 Å². The Hall–Kier alpha value is -0.280. The van der Waals surface area contributed by atoms with Crippen molar-refractivity contribution in [3.63, 3.8) is 0 Å². The van der Waals surface area contributed by atoms with Crippen LogP contribution in [0, 0.1) is 0 Å². The quantitative estimate of drug-likeness (QED) is 0.885. The van der Waals surface area contributed by atoms with E-state index in [4.69, 9.17) is 23.2 Å². The lowest BCUT2D eigenvalue weighted by atomic mass is 10.0. The minimum Gasteiger partial charge on any atom is -0.315 e. The summed E-state index contributed by atoms with van der Waals surface area (Å²) >= 11 is 12.5. The van der Waals surface area contributed by atoms with Crippen molar-refractivity contribution < 1.29 is 0 Å². The van der Waals surface area contributed by atoms with Crippen molar-refractivity contribution in [3.8, 4) is 0 Å².